The Morgan fingerprint density at radius 2 is 1.23 bits per heavy atom. The fourth-order valence-corrected chi connectivity index (χ4v) is 8.66. The number of rotatable bonds is 4. The van der Waals surface area contributed by atoms with Crippen molar-refractivity contribution in [3.63, 3.8) is 0 Å². The van der Waals surface area contributed by atoms with Gasteiger partial charge in [0.05, 0.1) is 16.7 Å². The molecule has 11 heteroatoms. The molecule has 0 fully saturated rings. The molecule has 3 N–H and O–H groups in total. The topological polar surface area (TPSA) is 170 Å². The molecule has 2 aliphatic rings. The largest absolute Gasteiger partial charge is 0.508 e. The van der Waals surface area contributed by atoms with Crippen molar-refractivity contribution < 1.29 is 48.3 Å². The van der Waals surface area contributed by atoms with E-state index in [9.17, 15) is 34.5 Å². The number of aromatic hydroxyl groups is 2. The zero-order valence-corrected chi connectivity index (χ0v) is 30.9. The van der Waals surface area contributed by atoms with E-state index in [2.05, 4.69) is 0 Å². The van der Waals surface area contributed by atoms with Crippen LogP contribution in [0.15, 0.2) is 149 Å². The zero-order chi connectivity index (χ0) is 41.0. The third kappa shape index (κ3) is 5.02. The molecule has 0 bridgehead atoms. The van der Waals surface area contributed by atoms with Crippen LogP contribution in [-0.2, 0) is 10.3 Å². The summed E-state index contributed by atoms with van der Waals surface area (Å²) >= 11 is 0. The number of carbonyl (C=O) groups is 3. The van der Waals surface area contributed by atoms with Crippen LogP contribution in [0.1, 0.15) is 47.8 Å². The van der Waals surface area contributed by atoms with Gasteiger partial charge in [0.25, 0.3) is 0 Å². The molecule has 11 nitrogen and oxygen atoms in total. The molecule has 0 amide bonds. The van der Waals surface area contributed by atoms with E-state index in [1.165, 1.54) is 54.6 Å². The van der Waals surface area contributed by atoms with Crippen molar-refractivity contribution in [3.05, 3.63) is 183 Å². The van der Waals surface area contributed by atoms with Crippen molar-refractivity contribution in [2.45, 2.75) is 5.60 Å². The van der Waals surface area contributed by atoms with Crippen LogP contribution in [0.4, 0.5) is 0 Å². The molecular formula is C49H26O11. The molecule has 0 aliphatic carbocycles. The molecule has 60 heavy (non-hydrogen) atoms. The maximum atomic E-state index is 13.9. The first-order valence-electron chi connectivity index (χ1n) is 18.7. The minimum Gasteiger partial charge on any atom is -0.508 e. The van der Waals surface area contributed by atoms with Gasteiger partial charge < -0.3 is 33.9 Å². The van der Waals surface area contributed by atoms with Gasteiger partial charge in [0.2, 0.25) is 0 Å². The third-order valence-electron chi connectivity index (χ3n) is 11.3. The van der Waals surface area contributed by atoms with Crippen LogP contribution in [-0.4, -0.2) is 33.2 Å². The second kappa shape index (κ2) is 12.5. The number of carboxylic acid groups (broad SMARTS) is 1. The molecule has 0 saturated heterocycles. The number of benzene rings is 8. The minimum absolute atomic E-state index is 0.0521. The van der Waals surface area contributed by atoms with Gasteiger partial charge >= 0.3 is 17.9 Å². The lowest BCUT2D eigenvalue weighted by Crippen LogP contribution is -2.33. The number of phenols is 2. The van der Waals surface area contributed by atoms with Crippen LogP contribution in [0.25, 0.3) is 54.6 Å². The molecule has 9 aromatic rings. The van der Waals surface area contributed by atoms with Gasteiger partial charge in [-0.1, -0.05) is 36.4 Å². The lowest BCUT2D eigenvalue weighted by atomic mass is 9.77. The highest BCUT2D eigenvalue weighted by molar-refractivity contribution is 6.21. The predicted molar refractivity (Wildman–Crippen MR) is 220 cm³/mol. The Morgan fingerprint density at radius 1 is 0.583 bits per heavy atom. The summed E-state index contributed by atoms with van der Waals surface area (Å²) in [5.41, 5.74) is 1.77. The SMILES string of the molecule is O=C(Oc1ccc2c(c1)Oc1cc(O)ccc1C21OC(=O)c2ccccc21)c1ccc(-c2c3ccc4cc(O)ccc4c3oc3c2ccc2cc(=O)ccc23)c(C(=O)O)c1. The third-order valence-corrected chi connectivity index (χ3v) is 11.3. The summed E-state index contributed by atoms with van der Waals surface area (Å²) in [5.74, 6) is -2.19. The number of aromatic carboxylic acids is 1. The Labute approximate surface area is 337 Å². The van der Waals surface area contributed by atoms with Crippen LogP contribution in [0.2, 0.25) is 0 Å². The van der Waals surface area contributed by atoms with Crippen molar-refractivity contribution in [1.82, 2.24) is 0 Å². The Morgan fingerprint density at radius 3 is 2.00 bits per heavy atom. The fourth-order valence-electron chi connectivity index (χ4n) is 8.66. The summed E-state index contributed by atoms with van der Waals surface area (Å²) in [6.07, 6.45) is 0. The zero-order valence-electron chi connectivity index (χ0n) is 30.9. The van der Waals surface area contributed by atoms with Gasteiger partial charge in [0, 0.05) is 55.9 Å². The summed E-state index contributed by atoms with van der Waals surface area (Å²) in [7, 11) is 0. The first-order valence-corrected chi connectivity index (χ1v) is 18.7. The maximum absolute atomic E-state index is 13.9. The smallest absolute Gasteiger partial charge is 0.343 e. The van der Waals surface area contributed by atoms with E-state index >= 15 is 0 Å². The molecule has 288 valence electrons. The number of phenolic OH excluding ortho intramolecular Hbond substituents is 2. The summed E-state index contributed by atoms with van der Waals surface area (Å²) < 4.78 is 24.8. The van der Waals surface area contributed by atoms with E-state index in [0.29, 0.717) is 76.9 Å². The standard InChI is InChI=1S/C49H26O11/c50-27-8-15-31-24(19-27)5-13-35-43(36-14-6-25-20-28(51)9-16-32(25)45(36)59-44(31)35)33-12-7-26(21-37(33)46(53)54)47(55)57-30-11-18-40-42(23-30)58-41-22-29(52)10-17-39(41)49(40)38-4-2-1-3-34(38)48(56)60-49/h1-23,50,52H,(H,53,54). The molecule has 0 radical (unpaired) electrons. The molecule has 11 rings (SSSR count). The van der Waals surface area contributed by atoms with Crippen LogP contribution in [0, 0.1) is 0 Å². The van der Waals surface area contributed by atoms with Gasteiger partial charge in [-0.15, -0.1) is 0 Å². The maximum Gasteiger partial charge on any atom is 0.343 e. The second-order valence-electron chi connectivity index (χ2n) is 14.7. The van der Waals surface area contributed by atoms with Gasteiger partial charge in [-0.2, -0.15) is 0 Å². The predicted octanol–water partition coefficient (Wildman–Crippen LogP) is 9.82. The highest BCUT2D eigenvalue weighted by Crippen LogP contribution is 2.57. The number of carboxylic acids is 1. The molecule has 3 heterocycles. The Bertz CT molecular complexity index is 3490. The van der Waals surface area contributed by atoms with Crippen molar-refractivity contribution in [2.75, 3.05) is 0 Å². The minimum atomic E-state index is -1.41. The summed E-state index contributed by atoms with van der Waals surface area (Å²) in [6.45, 7) is 0. The first kappa shape index (κ1) is 34.8. The van der Waals surface area contributed by atoms with E-state index in [4.69, 9.17) is 18.6 Å². The van der Waals surface area contributed by atoms with E-state index in [0.717, 1.165) is 0 Å². The molecule has 8 aromatic carbocycles. The fraction of sp³-hybridized carbons (Fsp3) is 0.0204. The average Bonchev–Trinajstić information content (AvgIpc) is 3.53. The van der Waals surface area contributed by atoms with E-state index in [1.807, 2.05) is 0 Å². The van der Waals surface area contributed by atoms with Gasteiger partial charge in [-0.3, -0.25) is 4.79 Å². The van der Waals surface area contributed by atoms with Crippen molar-refractivity contribution in [1.29, 1.82) is 0 Å². The highest BCUT2D eigenvalue weighted by Gasteiger charge is 2.53. The quantitative estimate of drug-likeness (QED) is 0.0671. The van der Waals surface area contributed by atoms with Crippen LogP contribution in [0.3, 0.4) is 0 Å². The van der Waals surface area contributed by atoms with Crippen molar-refractivity contribution in [2.24, 2.45) is 0 Å². The lowest BCUT2D eigenvalue weighted by Gasteiger charge is -2.36. The Balaban J connectivity index is 1.02. The summed E-state index contributed by atoms with van der Waals surface area (Å²) in [4.78, 5) is 52.4. The molecule has 2 aliphatic heterocycles. The monoisotopic (exact) mass is 790 g/mol. The second-order valence-corrected chi connectivity index (χ2v) is 14.7. The van der Waals surface area contributed by atoms with Gasteiger partial charge in [0.15, 0.2) is 11.0 Å². The number of carbonyl (C=O) groups excluding carboxylic acids is 2. The van der Waals surface area contributed by atoms with Crippen molar-refractivity contribution >= 4 is 61.4 Å². The van der Waals surface area contributed by atoms with E-state index in [1.54, 1.807) is 84.9 Å². The number of hydrogen-bond donors (Lipinski definition) is 3. The highest BCUT2D eigenvalue weighted by atomic mass is 16.6. The van der Waals surface area contributed by atoms with E-state index < -0.39 is 23.5 Å². The van der Waals surface area contributed by atoms with Crippen molar-refractivity contribution in [3.8, 4) is 39.9 Å². The Hall–Kier alpha value is -8.44. The molecule has 1 unspecified atom stereocenters. The number of fused-ring (bicyclic) bond motifs is 12. The summed E-state index contributed by atoms with van der Waals surface area (Å²) in [6, 6.07) is 37.1. The average molecular weight is 791 g/mol. The number of ether oxygens (including phenoxy) is 3. The molecular weight excluding hydrogens is 765 g/mol. The number of esters is 2. The molecule has 0 saturated carbocycles. The molecule has 1 aromatic heterocycles. The van der Waals surface area contributed by atoms with Crippen LogP contribution in [0.5, 0.6) is 28.7 Å². The van der Waals surface area contributed by atoms with Gasteiger partial charge in [-0.25, -0.2) is 14.4 Å². The van der Waals surface area contributed by atoms with Crippen LogP contribution < -0.4 is 14.9 Å². The lowest BCUT2D eigenvalue weighted by molar-refractivity contribution is 0.0224. The number of hydrogen-bond acceptors (Lipinski definition) is 10. The molecule has 1 atom stereocenters. The Kier molecular flexibility index (Phi) is 7.26. The first-order chi connectivity index (χ1) is 29.1. The molecule has 1 spiro atoms. The van der Waals surface area contributed by atoms with Gasteiger partial charge in [-0.05, 0) is 107 Å². The van der Waals surface area contributed by atoms with E-state index in [-0.39, 0.29) is 45.3 Å². The normalized spacial score (nSPS) is 15.1. The van der Waals surface area contributed by atoms with Gasteiger partial charge in [0.1, 0.15) is 39.9 Å². The van der Waals surface area contributed by atoms with Crippen LogP contribution >= 0.6 is 0 Å². The summed E-state index contributed by atoms with van der Waals surface area (Å²) in [5, 5.41) is 35.0.